The van der Waals surface area contributed by atoms with Gasteiger partial charge in [-0.1, -0.05) is 29.8 Å². The summed E-state index contributed by atoms with van der Waals surface area (Å²) in [5.74, 6) is -0.176. The van der Waals surface area contributed by atoms with Gasteiger partial charge < -0.3 is 16.0 Å². The monoisotopic (exact) mass is 299 g/mol. The maximum Gasteiger partial charge on any atom is 0.267 e. The van der Waals surface area contributed by atoms with Crippen LogP contribution in [-0.4, -0.2) is 10.9 Å². The van der Waals surface area contributed by atoms with E-state index in [4.69, 9.17) is 17.3 Å². The second kappa shape index (κ2) is 5.50. The number of fused-ring (bicyclic) bond motifs is 1. The van der Waals surface area contributed by atoms with Crippen LogP contribution in [0.2, 0.25) is 5.02 Å². The summed E-state index contributed by atoms with van der Waals surface area (Å²) >= 11 is 6.06. The maximum atomic E-state index is 12.2. The third kappa shape index (κ3) is 2.85. The molecule has 0 atom stereocenters. The number of carbonyl (C=O) groups is 1. The van der Waals surface area contributed by atoms with Crippen molar-refractivity contribution in [2.24, 2.45) is 0 Å². The number of H-pyrrole nitrogens is 1. The average Bonchev–Trinajstić information content (AvgIpc) is 2.89. The van der Waals surface area contributed by atoms with Crippen molar-refractivity contribution in [1.29, 1.82) is 0 Å². The van der Waals surface area contributed by atoms with Gasteiger partial charge in [0.1, 0.15) is 5.69 Å². The molecule has 2 aromatic carbocycles. The molecule has 21 heavy (non-hydrogen) atoms. The fourth-order valence-corrected chi connectivity index (χ4v) is 2.39. The molecule has 0 aliphatic heterocycles. The van der Waals surface area contributed by atoms with E-state index in [-0.39, 0.29) is 5.91 Å². The van der Waals surface area contributed by atoms with E-state index in [1.165, 1.54) is 0 Å². The Balaban J connectivity index is 1.76. The number of aromatic nitrogens is 1. The lowest BCUT2D eigenvalue weighted by Crippen LogP contribution is -2.23. The van der Waals surface area contributed by atoms with Crippen molar-refractivity contribution in [3.63, 3.8) is 0 Å². The minimum absolute atomic E-state index is 0.176. The predicted octanol–water partition coefficient (Wildman–Crippen LogP) is 3.33. The largest absolute Gasteiger partial charge is 0.399 e. The van der Waals surface area contributed by atoms with E-state index in [1.54, 1.807) is 18.2 Å². The lowest BCUT2D eigenvalue weighted by molar-refractivity contribution is 0.0947. The van der Waals surface area contributed by atoms with Gasteiger partial charge in [0, 0.05) is 28.2 Å². The van der Waals surface area contributed by atoms with Crippen LogP contribution in [0, 0.1) is 0 Å². The second-order valence-electron chi connectivity index (χ2n) is 4.80. The molecular weight excluding hydrogens is 286 g/mol. The SMILES string of the molecule is Nc1ccc2[nH]c(C(=O)NCc3ccccc3Cl)cc2c1. The van der Waals surface area contributed by atoms with Crippen LogP contribution < -0.4 is 11.1 Å². The molecule has 0 saturated carbocycles. The highest BCUT2D eigenvalue weighted by Crippen LogP contribution is 2.19. The van der Waals surface area contributed by atoms with Gasteiger partial charge in [-0.15, -0.1) is 0 Å². The molecule has 0 unspecified atom stereocenters. The topological polar surface area (TPSA) is 70.9 Å². The van der Waals surface area contributed by atoms with Gasteiger partial charge in [-0.3, -0.25) is 4.79 Å². The number of nitrogens with two attached hydrogens (primary N) is 1. The van der Waals surface area contributed by atoms with E-state index in [2.05, 4.69) is 10.3 Å². The first kappa shape index (κ1) is 13.5. The number of aromatic amines is 1. The average molecular weight is 300 g/mol. The first-order valence-corrected chi connectivity index (χ1v) is 6.91. The summed E-state index contributed by atoms with van der Waals surface area (Å²) in [6.07, 6.45) is 0. The molecule has 0 saturated heterocycles. The van der Waals surface area contributed by atoms with Crippen LogP contribution in [0.1, 0.15) is 16.1 Å². The normalized spacial score (nSPS) is 10.7. The summed E-state index contributed by atoms with van der Waals surface area (Å²) < 4.78 is 0. The van der Waals surface area contributed by atoms with Gasteiger partial charge >= 0.3 is 0 Å². The Kier molecular flexibility index (Phi) is 3.54. The molecular formula is C16H14ClN3O. The molecule has 0 spiro atoms. The number of amides is 1. The lowest BCUT2D eigenvalue weighted by atomic mass is 10.2. The number of nitrogen functional groups attached to an aromatic ring is 1. The van der Waals surface area contributed by atoms with Gasteiger partial charge in [0.15, 0.2) is 0 Å². The summed E-state index contributed by atoms with van der Waals surface area (Å²) in [6.45, 7) is 0.385. The fraction of sp³-hybridized carbons (Fsp3) is 0.0625. The Labute approximate surface area is 126 Å². The van der Waals surface area contributed by atoms with Crippen molar-refractivity contribution in [1.82, 2.24) is 10.3 Å². The van der Waals surface area contributed by atoms with Crippen molar-refractivity contribution in [2.75, 3.05) is 5.73 Å². The molecule has 3 aromatic rings. The van der Waals surface area contributed by atoms with Crippen molar-refractivity contribution in [3.8, 4) is 0 Å². The Bertz CT molecular complexity index is 810. The minimum atomic E-state index is -0.176. The predicted molar refractivity (Wildman–Crippen MR) is 85.3 cm³/mol. The molecule has 4 N–H and O–H groups in total. The number of carbonyl (C=O) groups excluding carboxylic acids is 1. The minimum Gasteiger partial charge on any atom is -0.399 e. The van der Waals surface area contributed by atoms with E-state index in [0.717, 1.165) is 16.5 Å². The zero-order valence-electron chi connectivity index (χ0n) is 11.2. The fourth-order valence-electron chi connectivity index (χ4n) is 2.19. The maximum absolute atomic E-state index is 12.2. The number of benzene rings is 2. The zero-order chi connectivity index (χ0) is 14.8. The van der Waals surface area contributed by atoms with Crippen LogP contribution in [-0.2, 0) is 6.54 Å². The van der Waals surface area contributed by atoms with Gasteiger partial charge in [0.2, 0.25) is 0 Å². The Morgan fingerprint density at radius 2 is 2.00 bits per heavy atom. The molecule has 0 radical (unpaired) electrons. The summed E-state index contributed by atoms with van der Waals surface area (Å²) in [5.41, 5.74) is 8.67. The molecule has 4 nitrogen and oxygen atoms in total. The number of anilines is 1. The van der Waals surface area contributed by atoms with Crippen molar-refractivity contribution >= 4 is 34.1 Å². The summed E-state index contributed by atoms with van der Waals surface area (Å²) in [5, 5.41) is 4.40. The highest BCUT2D eigenvalue weighted by Gasteiger charge is 2.10. The number of rotatable bonds is 3. The third-order valence-electron chi connectivity index (χ3n) is 3.29. The van der Waals surface area contributed by atoms with Crippen molar-refractivity contribution in [3.05, 3.63) is 64.8 Å². The lowest BCUT2D eigenvalue weighted by Gasteiger charge is -2.05. The van der Waals surface area contributed by atoms with E-state index in [9.17, 15) is 4.79 Å². The number of halogens is 1. The van der Waals surface area contributed by atoms with Crippen molar-refractivity contribution < 1.29 is 4.79 Å². The van der Waals surface area contributed by atoms with Crippen LogP contribution >= 0.6 is 11.6 Å². The number of hydrogen-bond acceptors (Lipinski definition) is 2. The Hall–Kier alpha value is -2.46. The van der Waals surface area contributed by atoms with E-state index >= 15 is 0 Å². The summed E-state index contributed by atoms with van der Waals surface area (Å²) in [7, 11) is 0. The molecule has 1 heterocycles. The van der Waals surface area contributed by atoms with Crippen LogP contribution in [0.5, 0.6) is 0 Å². The van der Waals surface area contributed by atoms with Gasteiger partial charge in [-0.2, -0.15) is 0 Å². The first-order chi connectivity index (χ1) is 10.1. The standard InChI is InChI=1S/C16H14ClN3O/c17-13-4-2-1-3-10(13)9-19-16(21)15-8-11-7-12(18)5-6-14(11)20-15/h1-8,20H,9,18H2,(H,19,21). The highest BCUT2D eigenvalue weighted by atomic mass is 35.5. The van der Waals surface area contributed by atoms with Gasteiger partial charge in [-0.05, 0) is 35.9 Å². The van der Waals surface area contributed by atoms with Gasteiger partial charge in [0.25, 0.3) is 5.91 Å². The molecule has 1 amide bonds. The Morgan fingerprint density at radius 1 is 1.19 bits per heavy atom. The second-order valence-corrected chi connectivity index (χ2v) is 5.21. The first-order valence-electron chi connectivity index (χ1n) is 6.53. The molecule has 0 aliphatic rings. The van der Waals surface area contributed by atoms with Crippen LogP contribution in [0.4, 0.5) is 5.69 Å². The zero-order valence-corrected chi connectivity index (χ0v) is 11.9. The third-order valence-corrected chi connectivity index (χ3v) is 3.66. The van der Waals surface area contributed by atoms with E-state index in [1.807, 2.05) is 30.3 Å². The van der Waals surface area contributed by atoms with Crippen LogP contribution in [0.3, 0.4) is 0 Å². The highest BCUT2D eigenvalue weighted by molar-refractivity contribution is 6.31. The molecule has 0 bridgehead atoms. The Morgan fingerprint density at radius 3 is 2.81 bits per heavy atom. The van der Waals surface area contributed by atoms with Crippen LogP contribution in [0.15, 0.2) is 48.5 Å². The summed E-state index contributed by atoms with van der Waals surface area (Å²) in [4.78, 5) is 15.2. The molecule has 5 heteroatoms. The van der Waals surface area contributed by atoms with E-state index in [0.29, 0.717) is 22.9 Å². The number of nitrogens with one attached hydrogen (secondary N) is 2. The molecule has 0 aliphatic carbocycles. The molecule has 1 aromatic heterocycles. The molecule has 3 rings (SSSR count). The molecule has 0 fully saturated rings. The van der Waals surface area contributed by atoms with Crippen LogP contribution in [0.25, 0.3) is 10.9 Å². The quantitative estimate of drug-likeness (QED) is 0.649. The molecule has 106 valence electrons. The van der Waals surface area contributed by atoms with Crippen molar-refractivity contribution in [2.45, 2.75) is 6.54 Å². The summed E-state index contributed by atoms with van der Waals surface area (Å²) in [6, 6.07) is 14.7. The smallest absolute Gasteiger partial charge is 0.267 e. The van der Waals surface area contributed by atoms with Gasteiger partial charge in [0.05, 0.1) is 0 Å². The van der Waals surface area contributed by atoms with Gasteiger partial charge in [-0.25, -0.2) is 0 Å². The number of hydrogen-bond donors (Lipinski definition) is 3. The van der Waals surface area contributed by atoms with E-state index < -0.39 is 0 Å².